The van der Waals surface area contributed by atoms with Crippen LogP contribution in [0.2, 0.25) is 0 Å². The van der Waals surface area contributed by atoms with Crippen molar-refractivity contribution < 1.29 is 0 Å². The van der Waals surface area contributed by atoms with E-state index >= 15 is 0 Å². The predicted molar refractivity (Wildman–Crippen MR) is 49.2 cm³/mol. The first-order valence-corrected chi connectivity index (χ1v) is 4.79. The Morgan fingerprint density at radius 2 is 2.54 bits per heavy atom. The molecule has 0 saturated heterocycles. The van der Waals surface area contributed by atoms with Gasteiger partial charge in [0.15, 0.2) is 5.16 Å². The van der Waals surface area contributed by atoms with Crippen molar-refractivity contribution in [3.05, 3.63) is 24.5 Å². The van der Waals surface area contributed by atoms with Crippen molar-refractivity contribution in [2.45, 2.75) is 10.9 Å². The number of hydrogen-bond acceptors (Lipinski definition) is 4. The molecule has 0 spiro atoms. The van der Waals surface area contributed by atoms with Gasteiger partial charge in [0.1, 0.15) is 6.33 Å². The second-order valence-electron chi connectivity index (χ2n) is 2.53. The van der Waals surface area contributed by atoms with Crippen molar-refractivity contribution in [1.82, 2.24) is 24.7 Å². The molecule has 2 aromatic rings. The maximum Gasteiger partial charge on any atom is 0.186 e. The molecular formula is C7H9N5S. The molecule has 0 aliphatic carbocycles. The van der Waals surface area contributed by atoms with Crippen LogP contribution >= 0.6 is 11.8 Å². The molecule has 2 rings (SSSR count). The minimum Gasteiger partial charge on any atom is -0.348 e. The van der Waals surface area contributed by atoms with Gasteiger partial charge < -0.3 is 4.98 Å². The molecule has 0 unspecified atom stereocenters. The third-order valence-electron chi connectivity index (χ3n) is 1.58. The molecule has 0 fully saturated rings. The number of aromatic nitrogens is 5. The van der Waals surface area contributed by atoms with E-state index in [1.54, 1.807) is 29.1 Å². The fraction of sp³-hybridized carbons (Fsp3) is 0.286. The van der Waals surface area contributed by atoms with Crippen LogP contribution in [0.15, 0.2) is 24.0 Å². The Hall–Kier alpha value is -1.30. The molecule has 6 heteroatoms. The average Bonchev–Trinajstić information content (AvgIpc) is 2.72. The molecule has 0 radical (unpaired) electrons. The van der Waals surface area contributed by atoms with Crippen LogP contribution in [0.4, 0.5) is 0 Å². The molecular weight excluding hydrogens is 186 g/mol. The summed E-state index contributed by atoms with van der Waals surface area (Å²) in [5.41, 5.74) is 1.09. The Morgan fingerprint density at radius 1 is 1.62 bits per heavy atom. The standard InChI is InChI=1S/C7H9N5S/c1-12-7(10-5-11-12)13-3-6-2-8-4-9-6/h2,4-5H,3H2,1H3,(H,8,9). The highest BCUT2D eigenvalue weighted by Gasteiger charge is 2.01. The van der Waals surface area contributed by atoms with E-state index in [9.17, 15) is 0 Å². The highest BCUT2D eigenvalue weighted by Crippen LogP contribution is 2.17. The van der Waals surface area contributed by atoms with E-state index in [0.717, 1.165) is 16.6 Å². The van der Waals surface area contributed by atoms with E-state index in [1.165, 1.54) is 0 Å². The summed E-state index contributed by atoms with van der Waals surface area (Å²) in [6, 6.07) is 0. The molecule has 0 bridgehead atoms. The monoisotopic (exact) mass is 195 g/mol. The maximum absolute atomic E-state index is 4.10. The lowest BCUT2D eigenvalue weighted by Gasteiger charge is -1.97. The quantitative estimate of drug-likeness (QED) is 0.737. The largest absolute Gasteiger partial charge is 0.348 e. The van der Waals surface area contributed by atoms with Gasteiger partial charge in [0.2, 0.25) is 0 Å². The smallest absolute Gasteiger partial charge is 0.186 e. The zero-order valence-corrected chi connectivity index (χ0v) is 7.95. The van der Waals surface area contributed by atoms with E-state index in [1.807, 2.05) is 13.2 Å². The number of rotatable bonds is 3. The normalized spacial score (nSPS) is 10.5. The Bertz CT molecular complexity index is 366. The molecule has 5 nitrogen and oxygen atoms in total. The highest BCUT2D eigenvalue weighted by atomic mass is 32.2. The molecule has 0 aliphatic heterocycles. The number of thioether (sulfide) groups is 1. The van der Waals surface area contributed by atoms with Crippen molar-refractivity contribution in [3.8, 4) is 0 Å². The molecule has 0 aromatic carbocycles. The van der Waals surface area contributed by atoms with Gasteiger partial charge in [-0.2, -0.15) is 5.10 Å². The van der Waals surface area contributed by atoms with E-state index in [0.29, 0.717) is 0 Å². The summed E-state index contributed by atoms with van der Waals surface area (Å²) in [5, 5.41) is 4.89. The Kier molecular flexibility index (Phi) is 2.31. The topological polar surface area (TPSA) is 59.4 Å². The summed E-state index contributed by atoms with van der Waals surface area (Å²) in [4.78, 5) is 11.1. The van der Waals surface area contributed by atoms with E-state index < -0.39 is 0 Å². The Labute approximate surface area is 79.6 Å². The van der Waals surface area contributed by atoms with Gasteiger partial charge in [-0.25, -0.2) is 14.6 Å². The van der Waals surface area contributed by atoms with E-state index in [-0.39, 0.29) is 0 Å². The number of aryl methyl sites for hydroxylation is 1. The van der Waals surface area contributed by atoms with Crippen LogP contribution < -0.4 is 0 Å². The number of imidazole rings is 1. The van der Waals surface area contributed by atoms with Crippen molar-refractivity contribution in [1.29, 1.82) is 0 Å². The first-order valence-electron chi connectivity index (χ1n) is 3.80. The summed E-state index contributed by atoms with van der Waals surface area (Å²) < 4.78 is 1.75. The first-order chi connectivity index (χ1) is 6.36. The van der Waals surface area contributed by atoms with Crippen LogP contribution in [-0.4, -0.2) is 24.7 Å². The second kappa shape index (κ2) is 3.61. The van der Waals surface area contributed by atoms with Crippen molar-refractivity contribution >= 4 is 11.8 Å². The van der Waals surface area contributed by atoms with Gasteiger partial charge in [-0.3, -0.25) is 0 Å². The zero-order valence-electron chi connectivity index (χ0n) is 7.14. The molecule has 68 valence electrons. The number of nitrogens with zero attached hydrogens (tertiary/aromatic N) is 4. The van der Waals surface area contributed by atoms with Crippen LogP contribution in [0, 0.1) is 0 Å². The van der Waals surface area contributed by atoms with Crippen LogP contribution in [-0.2, 0) is 12.8 Å². The summed E-state index contributed by atoms with van der Waals surface area (Å²) in [6.45, 7) is 0. The van der Waals surface area contributed by atoms with Crippen LogP contribution in [0.25, 0.3) is 0 Å². The van der Waals surface area contributed by atoms with Crippen LogP contribution in [0.1, 0.15) is 5.69 Å². The fourth-order valence-corrected chi connectivity index (χ4v) is 1.72. The summed E-state index contributed by atoms with van der Waals surface area (Å²) in [6.07, 6.45) is 5.03. The number of hydrogen-bond donors (Lipinski definition) is 1. The van der Waals surface area contributed by atoms with Gasteiger partial charge in [-0.1, -0.05) is 11.8 Å². The molecule has 2 aromatic heterocycles. The zero-order chi connectivity index (χ0) is 9.10. The summed E-state index contributed by atoms with van der Waals surface area (Å²) >= 11 is 1.63. The van der Waals surface area contributed by atoms with Crippen LogP contribution in [0.5, 0.6) is 0 Å². The third-order valence-corrected chi connectivity index (χ3v) is 2.66. The molecule has 0 atom stereocenters. The first kappa shape index (κ1) is 8.31. The maximum atomic E-state index is 4.10. The molecule has 1 N–H and O–H groups in total. The molecule has 0 aliphatic rings. The SMILES string of the molecule is Cn1ncnc1SCc1cnc[nH]1. The minimum absolute atomic E-state index is 0.840. The van der Waals surface area contributed by atoms with Crippen molar-refractivity contribution in [2.75, 3.05) is 0 Å². The lowest BCUT2D eigenvalue weighted by Crippen LogP contribution is -1.93. The van der Waals surface area contributed by atoms with E-state index in [4.69, 9.17) is 0 Å². The van der Waals surface area contributed by atoms with Crippen molar-refractivity contribution in [2.24, 2.45) is 7.05 Å². The molecule has 0 saturated carbocycles. The van der Waals surface area contributed by atoms with E-state index in [2.05, 4.69) is 20.1 Å². The lowest BCUT2D eigenvalue weighted by atomic mass is 10.6. The number of aromatic amines is 1. The van der Waals surface area contributed by atoms with Crippen LogP contribution in [0.3, 0.4) is 0 Å². The number of H-pyrrole nitrogens is 1. The molecule has 2 heterocycles. The summed E-state index contributed by atoms with van der Waals surface area (Å²) in [5.74, 6) is 0.840. The Balaban J connectivity index is 1.97. The third kappa shape index (κ3) is 1.89. The van der Waals surface area contributed by atoms with Gasteiger partial charge in [-0.05, 0) is 0 Å². The lowest BCUT2D eigenvalue weighted by molar-refractivity contribution is 0.685. The minimum atomic E-state index is 0.840. The highest BCUT2D eigenvalue weighted by molar-refractivity contribution is 7.98. The van der Waals surface area contributed by atoms with Crippen molar-refractivity contribution in [3.63, 3.8) is 0 Å². The van der Waals surface area contributed by atoms with Gasteiger partial charge in [0.25, 0.3) is 0 Å². The summed E-state index contributed by atoms with van der Waals surface area (Å²) in [7, 11) is 1.88. The molecule has 13 heavy (non-hydrogen) atoms. The van der Waals surface area contributed by atoms with Gasteiger partial charge in [0.05, 0.1) is 6.33 Å². The average molecular weight is 195 g/mol. The predicted octanol–water partition coefficient (Wildman–Crippen LogP) is 0.831. The number of nitrogens with one attached hydrogen (secondary N) is 1. The Morgan fingerprint density at radius 3 is 3.15 bits per heavy atom. The second-order valence-corrected chi connectivity index (χ2v) is 3.47. The molecule has 0 amide bonds. The van der Waals surface area contributed by atoms with Gasteiger partial charge >= 0.3 is 0 Å². The fourth-order valence-electron chi connectivity index (χ4n) is 0.922. The van der Waals surface area contributed by atoms with Gasteiger partial charge in [-0.15, -0.1) is 0 Å². The van der Waals surface area contributed by atoms with Gasteiger partial charge in [0, 0.05) is 24.7 Å².